The minimum Gasteiger partial charge on any atom is -0.493 e. The van der Waals surface area contributed by atoms with Gasteiger partial charge in [0.2, 0.25) is 0 Å². The van der Waals surface area contributed by atoms with Crippen LogP contribution in [0.3, 0.4) is 0 Å². The molecule has 0 radical (unpaired) electrons. The lowest BCUT2D eigenvalue weighted by atomic mass is 10.0. The number of rotatable bonds is 6. The first-order valence-electron chi connectivity index (χ1n) is 10.3. The maximum Gasteiger partial charge on any atom is 0.322 e. The first-order valence-corrected chi connectivity index (χ1v) is 10.3. The predicted molar refractivity (Wildman–Crippen MR) is 114 cm³/mol. The number of carbonyl (C=O) groups is 1. The van der Waals surface area contributed by atoms with Gasteiger partial charge in [-0.25, -0.2) is 4.79 Å². The third-order valence-corrected chi connectivity index (χ3v) is 5.79. The number of nitrogens with one attached hydrogen (secondary N) is 1. The van der Waals surface area contributed by atoms with Crippen LogP contribution in [0.15, 0.2) is 48.5 Å². The Labute approximate surface area is 172 Å². The summed E-state index contributed by atoms with van der Waals surface area (Å²) < 4.78 is 10.6. The Balaban J connectivity index is 1.48. The van der Waals surface area contributed by atoms with Gasteiger partial charge in [0.25, 0.3) is 0 Å². The highest BCUT2D eigenvalue weighted by atomic mass is 16.5. The number of anilines is 1. The van der Waals surface area contributed by atoms with E-state index in [-0.39, 0.29) is 12.1 Å². The van der Waals surface area contributed by atoms with E-state index in [4.69, 9.17) is 9.47 Å². The average Bonchev–Trinajstić information content (AvgIpc) is 3.59. The number of methoxy groups -OCH3 is 2. The SMILES string of the molecule is COc1ccc(NC(=O)N2CCN(C3CC3)CC2Cc2ccccc2)cc1OC. The van der Waals surface area contributed by atoms with Gasteiger partial charge in [0, 0.05) is 37.4 Å². The summed E-state index contributed by atoms with van der Waals surface area (Å²) in [5, 5.41) is 3.05. The van der Waals surface area contributed by atoms with Gasteiger partial charge >= 0.3 is 6.03 Å². The Morgan fingerprint density at radius 3 is 2.48 bits per heavy atom. The van der Waals surface area contributed by atoms with E-state index >= 15 is 0 Å². The fourth-order valence-electron chi connectivity index (χ4n) is 4.09. The smallest absolute Gasteiger partial charge is 0.322 e. The lowest BCUT2D eigenvalue weighted by Crippen LogP contribution is -2.57. The first-order chi connectivity index (χ1) is 14.2. The molecule has 6 heteroatoms. The molecule has 1 atom stereocenters. The van der Waals surface area contributed by atoms with Crippen LogP contribution in [0.2, 0.25) is 0 Å². The van der Waals surface area contributed by atoms with Crippen molar-refractivity contribution in [1.29, 1.82) is 0 Å². The molecule has 1 aliphatic carbocycles. The summed E-state index contributed by atoms with van der Waals surface area (Å²) in [4.78, 5) is 17.7. The van der Waals surface area contributed by atoms with Crippen molar-refractivity contribution in [2.45, 2.75) is 31.3 Å². The minimum atomic E-state index is -0.0615. The molecule has 0 bridgehead atoms. The molecule has 0 aromatic heterocycles. The van der Waals surface area contributed by atoms with Gasteiger partial charge in [0.15, 0.2) is 11.5 Å². The second-order valence-corrected chi connectivity index (χ2v) is 7.76. The van der Waals surface area contributed by atoms with Crippen molar-refractivity contribution in [1.82, 2.24) is 9.80 Å². The highest BCUT2D eigenvalue weighted by Gasteiger charge is 2.37. The number of ether oxygens (including phenoxy) is 2. The van der Waals surface area contributed by atoms with E-state index in [9.17, 15) is 4.79 Å². The summed E-state index contributed by atoms with van der Waals surface area (Å²) in [6.07, 6.45) is 3.44. The zero-order valence-corrected chi connectivity index (χ0v) is 17.1. The zero-order valence-electron chi connectivity index (χ0n) is 17.1. The molecule has 1 saturated heterocycles. The van der Waals surface area contributed by atoms with Crippen LogP contribution in [0.25, 0.3) is 0 Å². The van der Waals surface area contributed by atoms with Gasteiger partial charge in [-0.15, -0.1) is 0 Å². The van der Waals surface area contributed by atoms with Crippen molar-refractivity contribution < 1.29 is 14.3 Å². The van der Waals surface area contributed by atoms with E-state index in [1.165, 1.54) is 18.4 Å². The molecule has 2 aliphatic rings. The first kappa shape index (κ1) is 19.6. The molecular formula is C23H29N3O3. The van der Waals surface area contributed by atoms with Crippen LogP contribution in [-0.4, -0.2) is 61.8 Å². The van der Waals surface area contributed by atoms with Crippen molar-refractivity contribution in [3.05, 3.63) is 54.1 Å². The van der Waals surface area contributed by atoms with Gasteiger partial charge < -0.3 is 19.7 Å². The molecule has 1 saturated carbocycles. The van der Waals surface area contributed by atoms with Crippen LogP contribution in [0, 0.1) is 0 Å². The fraction of sp³-hybridized carbons (Fsp3) is 0.435. The Morgan fingerprint density at radius 2 is 1.79 bits per heavy atom. The van der Waals surface area contributed by atoms with Crippen LogP contribution in [0.5, 0.6) is 11.5 Å². The molecule has 1 aliphatic heterocycles. The standard InChI is InChI=1S/C23H29N3O3/c1-28-21-11-8-18(15-22(21)29-2)24-23(27)26-13-12-25(19-9-10-19)16-20(26)14-17-6-4-3-5-7-17/h3-8,11,15,19-20H,9-10,12-14,16H2,1-2H3,(H,24,27). The summed E-state index contributed by atoms with van der Waals surface area (Å²) in [5.74, 6) is 1.25. The van der Waals surface area contributed by atoms with Crippen LogP contribution in [0.4, 0.5) is 10.5 Å². The van der Waals surface area contributed by atoms with Crippen molar-refractivity contribution in [2.75, 3.05) is 39.2 Å². The molecule has 0 spiro atoms. The summed E-state index contributed by atoms with van der Waals surface area (Å²) in [7, 11) is 3.19. The second-order valence-electron chi connectivity index (χ2n) is 7.76. The van der Waals surface area contributed by atoms with Crippen molar-refractivity contribution in [2.24, 2.45) is 0 Å². The highest BCUT2D eigenvalue weighted by molar-refractivity contribution is 5.90. The maximum atomic E-state index is 13.1. The third kappa shape index (κ3) is 4.65. The zero-order chi connectivity index (χ0) is 20.2. The molecule has 1 heterocycles. The van der Waals surface area contributed by atoms with Gasteiger partial charge in [-0.2, -0.15) is 0 Å². The van der Waals surface area contributed by atoms with Crippen molar-refractivity contribution >= 4 is 11.7 Å². The summed E-state index contributed by atoms with van der Waals surface area (Å²) >= 11 is 0. The predicted octanol–water partition coefficient (Wildman–Crippen LogP) is 3.63. The highest BCUT2D eigenvalue weighted by Crippen LogP contribution is 2.31. The Hall–Kier alpha value is -2.73. The molecule has 2 amide bonds. The van der Waals surface area contributed by atoms with E-state index in [1.54, 1.807) is 26.4 Å². The number of hydrogen-bond acceptors (Lipinski definition) is 4. The molecule has 6 nitrogen and oxygen atoms in total. The number of nitrogens with zero attached hydrogens (tertiary/aromatic N) is 2. The summed E-state index contributed by atoms with van der Waals surface area (Å²) in [5.41, 5.74) is 1.97. The van der Waals surface area contributed by atoms with Gasteiger partial charge in [-0.1, -0.05) is 30.3 Å². The Bertz CT molecular complexity index is 839. The Kier molecular flexibility index (Phi) is 5.90. The molecule has 29 heavy (non-hydrogen) atoms. The average molecular weight is 396 g/mol. The molecule has 2 aromatic carbocycles. The van der Waals surface area contributed by atoms with E-state index < -0.39 is 0 Å². The van der Waals surface area contributed by atoms with Gasteiger partial charge in [0.1, 0.15) is 0 Å². The molecule has 1 N–H and O–H groups in total. The Morgan fingerprint density at radius 1 is 1.03 bits per heavy atom. The quantitative estimate of drug-likeness (QED) is 0.812. The minimum absolute atomic E-state index is 0.0615. The molecule has 2 fully saturated rings. The fourth-order valence-corrected chi connectivity index (χ4v) is 4.09. The lowest BCUT2D eigenvalue weighted by molar-refractivity contribution is 0.0954. The van der Waals surface area contributed by atoms with Crippen LogP contribution in [0.1, 0.15) is 18.4 Å². The van der Waals surface area contributed by atoms with Crippen molar-refractivity contribution in [3.63, 3.8) is 0 Å². The van der Waals surface area contributed by atoms with Crippen LogP contribution >= 0.6 is 0 Å². The van der Waals surface area contributed by atoms with E-state index in [1.807, 2.05) is 17.0 Å². The number of amides is 2. The lowest BCUT2D eigenvalue weighted by Gasteiger charge is -2.41. The molecule has 1 unspecified atom stereocenters. The number of hydrogen-bond donors (Lipinski definition) is 1. The number of piperazine rings is 1. The summed E-state index contributed by atoms with van der Waals surface area (Å²) in [6.45, 7) is 2.61. The molecular weight excluding hydrogens is 366 g/mol. The monoisotopic (exact) mass is 395 g/mol. The van der Waals surface area contributed by atoms with E-state index in [2.05, 4.69) is 34.5 Å². The molecule has 154 valence electrons. The maximum absolute atomic E-state index is 13.1. The molecule has 4 rings (SSSR count). The van der Waals surface area contributed by atoms with E-state index in [0.29, 0.717) is 23.2 Å². The number of urea groups is 1. The second kappa shape index (κ2) is 8.74. The molecule has 2 aromatic rings. The van der Waals surface area contributed by atoms with Gasteiger partial charge in [0.05, 0.1) is 20.3 Å². The van der Waals surface area contributed by atoms with Crippen LogP contribution in [-0.2, 0) is 6.42 Å². The van der Waals surface area contributed by atoms with Crippen LogP contribution < -0.4 is 14.8 Å². The normalized spacial score (nSPS) is 19.7. The topological polar surface area (TPSA) is 54.0 Å². The van der Waals surface area contributed by atoms with Crippen molar-refractivity contribution in [3.8, 4) is 11.5 Å². The third-order valence-electron chi connectivity index (χ3n) is 5.79. The van der Waals surface area contributed by atoms with Gasteiger partial charge in [-0.05, 0) is 37.0 Å². The van der Waals surface area contributed by atoms with Gasteiger partial charge in [-0.3, -0.25) is 4.90 Å². The largest absolute Gasteiger partial charge is 0.493 e. The van der Waals surface area contributed by atoms with E-state index in [0.717, 1.165) is 26.1 Å². The number of carbonyl (C=O) groups excluding carboxylic acids is 1. The summed E-state index contributed by atoms with van der Waals surface area (Å²) in [6, 6.07) is 16.7. The number of benzene rings is 2.